The molecule has 8 nitrogen and oxygen atoms in total. The normalized spacial score (nSPS) is 15.6. The van der Waals surface area contributed by atoms with Gasteiger partial charge >= 0.3 is 11.8 Å². The summed E-state index contributed by atoms with van der Waals surface area (Å²) >= 11 is 1.10. The van der Waals surface area contributed by atoms with Crippen molar-refractivity contribution in [1.29, 1.82) is 0 Å². The molecule has 0 unspecified atom stereocenters. The molecule has 0 radical (unpaired) electrons. The third kappa shape index (κ3) is 3.67. The van der Waals surface area contributed by atoms with Crippen LogP contribution >= 0.6 is 11.3 Å². The van der Waals surface area contributed by atoms with Crippen LogP contribution in [0.1, 0.15) is 43.8 Å². The van der Waals surface area contributed by atoms with Gasteiger partial charge in [0.05, 0.1) is 5.56 Å². The van der Waals surface area contributed by atoms with E-state index in [4.69, 9.17) is 4.42 Å². The second kappa shape index (κ2) is 7.85. The number of amides is 1. The molecule has 142 valence electrons. The number of carbonyl (C=O) groups excluding carboxylic acids is 1. The Kier molecular flexibility index (Phi) is 5.73. The molecule has 1 fully saturated rings. The predicted octanol–water partition coefficient (Wildman–Crippen LogP) is 2.45. The van der Waals surface area contributed by atoms with Crippen LogP contribution in [0.15, 0.2) is 20.1 Å². The molecule has 0 atom stereocenters. The van der Waals surface area contributed by atoms with Crippen LogP contribution in [-0.4, -0.2) is 59.9 Å². The second-order valence-corrected chi connectivity index (χ2v) is 9.08. The van der Waals surface area contributed by atoms with Crippen molar-refractivity contribution in [2.75, 3.05) is 26.2 Å². The first-order valence-corrected chi connectivity index (χ1v) is 11.0. The largest absolute Gasteiger partial charge is 0.412 e. The van der Waals surface area contributed by atoms with E-state index in [1.54, 1.807) is 24.1 Å². The van der Waals surface area contributed by atoms with Gasteiger partial charge < -0.3 is 9.32 Å². The van der Waals surface area contributed by atoms with Gasteiger partial charge in [0.25, 0.3) is 10.0 Å². The molecule has 26 heavy (non-hydrogen) atoms. The Hall–Kier alpha value is -1.78. The van der Waals surface area contributed by atoms with Gasteiger partial charge in [-0.05, 0) is 25.3 Å². The number of nitrogens with zero attached hydrogens (tertiary/aromatic N) is 4. The standard InChI is InChI=1S/C16H22N4O4S2/c1-3-20(4-2)26(22,23)13-10-12(11-25-13)14-17-18-15(24-14)16(21)19-8-6-5-7-9-19/h10-11H,3-9H2,1-2H3. The summed E-state index contributed by atoms with van der Waals surface area (Å²) in [5.41, 5.74) is 0.505. The smallest absolute Gasteiger partial charge is 0.311 e. The van der Waals surface area contributed by atoms with Gasteiger partial charge in [-0.2, -0.15) is 4.31 Å². The van der Waals surface area contributed by atoms with Crippen molar-refractivity contribution in [3.63, 3.8) is 0 Å². The molecule has 2 aromatic rings. The van der Waals surface area contributed by atoms with E-state index in [1.165, 1.54) is 10.4 Å². The van der Waals surface area contributed by atoms with Crippen LogP contribution in [-0.2, 0) is 10.0 Å². The van der Waals surface area contributed by atoms with Crippen LogP contribution in [0.4, 0.5) is 0 Å². The van der Waals surface area contributed by atoms with Crippen molar-refractivity contribution < 1.29 is 17.6 Å². The highest BCUT2D eigenvalue weighted by Gasteiger charge is 2.26. The Morgan fingerprint density at radius 2 is 1.92 bits per heavy atom. The number of aromatic nitrogens is 2. The molecule has 0 bridgehead atoms. The molecule has 0 aliphatic carbocycles. The van der Waals surface area contributed by atoms with E-state index in [-0.39, 0.29) is 21.9 Å². The van der Waals surface area contributed by atoms with E-state index in [1.807, 2.05) is 0 Å². The van der Waals surface area contributed by atoms with Gasteiger partial charge in [0.15, 0.2) is 0 Å². The molecule has 1 aliphatic heterocycles. The van der Waals surface area contributed by atoms with Gasteiger partial charge in [0.2, 0.25) is 5.89 Å². The minimum absolute atomic E-state index is 0.0544. The average Bonchev–Trinajstić information content (AvgIpc) is 3.32. The molecule has 2 aromatic heterocycles. The maximum Gasteiger partial charge on any atom is 0.311 e. The van der Waals surface area contributed by atoms with Crippen molar-refractivity contribution >= 4 is 27.3 Å². The maximum absolute atomic E-state index is 12.6. The highest BCUT2D eigenvalue weighted by atomic mass is 32.2. The van der Waals surface area contributed by atoms with Crippen LogP contribution in [0.5, 0.6) is 0 Å². The minimum Gasteiger partial charge on any atom is -0.412 e. The summed E-state index contributed by atoms with van der Waals surface area (Å²) in [4.78, 5) is 14.1. The van der Waals surface area contributed by atoms with Gasteiger partial charge in [0, 0.05) is 31.6 Å². The minimum atomic E-state index is -3.53. The number of hydrogen-bond donors (Lipinski definition) is 0. The monoisotopic (exact) mass is 398 g/mol. The maximum atomic E-state index is 12.6. The molecule has 1 amide bonds. The molecular weight excluding hydrogens is 376 g/mol. The van der Waals surface area contributed by atoms with Gasteiger partial charge in [-0.3, -0.25) is 4.79 Å². The predicted molar refractivity (Wildman–Crippen MR) is 97.5 cm³/mol. The summed E-state index contributed by atoms with van der Waals surface area (Å²) in [5.74, 6) is -0.168. The number of hydrogen-bond acceptors (Lipinski definition) is 7. The molecule has 1 saturated heterocycles. The Morgan fingerprint density at radius 1 is 1.23 bits per heavy atom. The van der Waals surface area contributed by atoms with E-state index < -0.39 is 10.0 Å². The van der Waals surface area contributed by atoms with Crippen LogP contribution in [0, 0.1) is 0 Å². The number of rotatable bonds is 6. The van der Waals surface area contributed by atoms with Crippen LogP contribution < -0.4 is 0 Å². The summed E-state index contributed by atoms with van der Waals surface area (Å²) in [7, 11) is -3.53. The molecule has 3 heterocycles. The Balaban J connectivity index is 1.80. The van der Waals surface area contributed by atoms with E-state index in [0.29, 0.717) is 31.7 Å². The molecule has 0 N–H and O–H groups in total. The molecule has 0 aromatic carbocycles. The zero-order valence-corrected chi connectivity index (χ0v) is 16.5. The van der Waals surface area contributed by atoms with Gasteiger partial charge in [-0.15, -0.1) is 21.5 Å². The van der Waals surface area contributed by atoms with Crippen LogP contribution in [0.3, 0.4) is 0 Å². The van der Waals surface area contributed by atoms with Crippen molar-refractivity contribution in [2.24, 2.45) is 0 Å². The van der Waals surface area contributed by atoms with Crippen molar-refractivity contribution in [2.45, 2.75) is 37.3 Å². The third-order valence-electron chi connectivity index (χ3n) is 4.37. The fraction of sp³-hybridized carbons (Fsp3) is 0.562. The summed E-state index contributed by atoms with van der Waals surface area (Å²) in [5, 5.41) is 9.41. The Labute approximate surface area is 156 Å². The molecular formula is C16H22N4O4S2. The number of thiophene rings is 1. The lowest BCUT2D eigenvalue weighted by Gasteiger charge is -2.24. The number of carbonyl (C=O) groups is 1. The zero-order valence-electron chi connectivity index (χ0n) is 14.8. The van der Waals surface area contributed by atoms with Crippen molar-refractivity contribution in [1.82, 2.24) is 19.4 Å². The van der Waals surface area contributed by atoms with E-state index in [0.717, 1.165) is 30.6 Å². The van der Waals surface area contributed by atoms with Gasteiger partial charge in [-0.1, -0.05) is 13.8 Å². The lowest BCUT2D eigenvalue weighted by molar-refractivity contribution is 0.0684. The number of likely N-dealkylation sites (tertiary alicyclic amines) is 1. The molecule has 10 heteroatoms. The lowest BCUT2D eigenvalue weighted by Crippen LogP contribution is -2.35. The fourth-order valence-electron chi connectivity index (χ4n) is 2.91. The van der Waals surface area contributed by atoms with Gasteiger partial charge in [-0.25, -0.2) is 8.42 Å². The van der Waals surface area contributed by atoms with E-state index in [2.05, 4.69) is 10.2 Å². The third-order valence-corrected chi connectivity index (χ3v) is 7.84. The molecule has 0 spiro atoms. The first-order valence-electron chi connectivity index (χ1n) is 8.69. The summed E-state index contributed by atoms with van der Waals surface area (Å²) < 4.78 is 32.3. The van der Waals surface area contributed by atoms with Crippen molar-refractivity contribution in [3.8, 4) is 11.5 Å². The zero-order chi connectivity index (χ0) is 18.7. The fourth-order valence-corrected chi connectivity index (χ4v) is 5.68. The lowest BCUT2D eigenvalue weighted by atomic mass is 10.1. The van der Waals surface area contributed by atoms with Crippen molar-refractivity contribution in [3.05, 3.63) is 17.3 Å². The Bertz CT molecular complexity index is 864. The first-order chi connectivity index (χ1) is 12.5. The first kappa shape index (κ1) is 19.0. The topological polar surface area (TPSA) is 96.6 Å². The number of sulfonamides is 1. The SMILES string of the molecule is CCN(CC)S(=O)(=O)c1cc(-c2nnc(C(=O)N3CCCCC3)o2)cs1. The van der Waals surface area contributed by atoms with Gasteiger partial charge in [0.1, 0.15) is 4.21 Å². The highest BCUT2D eigenvalue weighted by Crippen LogP contribution is 2.30. The van der Waals surface area contributed by atoms with E-state index in [9.17, 15) is 13.2 Å². The quantitative estimate of drug-likeness (QED) is 0.741. The molecule has 3 rings (SSSR count). The van der Waals surface area contributed by atoms with Crippen LogP contribution in [0.2, 0.25) is 0 Å². The second-order valence-electron chi connectivity index (χ2n) is 6.01. The summed E-state index contributed by atoms with van der Waals surface area (Å²) in [6.45, 7) is 5.79. The van der Waals surface area contributed by atoms with E-state index >= 15 is 0 Å². The average molecular weight is 399 g/mol. The summed E-state index contributed by atoms with van der Waals surface area (Å²) in [6, 6.07) is 1.51. The summed E-state index contributed by atoms with van der Waals surface area (Å²) in [6.07, 6.45) is 3.07. The van der Waals surface area contributed by atoms with Crippen LogP contribution in [0.25, 0.3) is 11.5 Å². The Morgan fingerprint density at radius 3 is 2.58 bits per heavy atom. The molecule has 0 saturated carbocycles. The molecule has 1 aliphatic rings. The number of piperidine rings is 1. The highest BCUT2D eigenvalue weighted by molar-refractivity contribution is 7.91.